The Morgan fingerprint density at radius 2 is 1.79 bits per heavy atom. The van der Waals surface area contributed by atoms with Gasteiger partial charge in [-0.2, -0.15) is 0 Å². The number of hydrogen-bond acceptors (Lipinski definition) is 4. The molecule has 0 heterocycles. The van der Waals surface area contributed by atoms with Crippen molar-refractivity contribution in [3.8, 4) is 11.5 Å². The number of nitrogens with one attached hydrogen (secondary N) is 1. The molecule has 1 N–H and O–H groups in total. The summed E-state index contributed by atoms with van der Waals surface area (Å²) in [7, 11) is 1.66. The Kier molecular flexibility index (Phi) is 7.59. The second-order valence-electron chi connectivity index (χ2n) is 5.51. The topological polar surface area (TPSA) is 39.7 Å². The Bertz CT molecular complexity index is 601. The average Bonchev–Trinajstić information content (AvgIpc) is 2.64. The molecule has 1 unspecified atom stereocenters. The lowest BCUT2D eigenvalue weighted by Crippen LogP contribution is -2.19. The molecule has 4 heteroatoms. The smallest absolute Gasteiger partial charge is 0.165 e. The fraction of sp³-hybridized carbons (Fsp3) is 0.400. The van der Waals surface area contributed by atoms with E-state index in [9.17, 15) is 0 Å². The quantitative estimate of drug-likeness (QED) is 0.670. The maximum Gasteiger partial charge on any atom is 0.165 e. The number of methoxy groups -OCH3 is 1. The maximum atomic E-state index is 5.91. The van der Waals surface area contributed by atoms with E-state index in [1.807, 2.05) is 25.1 Å². The number of hydrogen-bond donors (Lipinski definition) is 1. The minimum atomic E-state index is 0.258. The van der Waals surface area contributed by atoms with Crippen molar-refractivity contribution < 1.29 is 14.2 Å². The van der Waals surface area contributed by atoms with Gasteiger partial charge in [0.05, 0.1) is 13.7 Å². The maximum absolute atomic E-state index is 5.91. The van der Waals surface area contributed by atoms with Gasteiger partial charge in [0.2, 0.25) is 0 Å². The lowest BCUT2D eigenvalue weighted by Gasteiger charge is -2.18. The largest absolute Gasteiger partial charge is 0.493 e. The molecule has 0 aliphatic carbocycles. The first-order valence-corrected chi connectivity index (χ1v) is 8.41. The number of ether oxygens (including phenoxy) is 3. The zero-order chi connectivity index (χ0) is 17.2. The van der Waals surface area contributed by atoms with E-state index in [4.69, 9.17) is 14.2 Å². The van der Waals surface area contributed by atoms with Gasteiger partial charge in [0.25, 0.3) is 0 Å². The van der Waals surface area contributed by atoms with Crippen LogP contribution in [0.25, 0.3) is 0 Å². The third kappa shape index (κ3) is 5.25. The zero-order valence-electron chi connectivity index (χ0n) is 14.7. The molecule has 0 fully saturated rings. The van der Waals surface area contributed by atoms with Crippen LogP contribution in [0.1, 0.15) is 31.0 Å². The van der Waals surface area contributed by atoms with Crippen LogP contribution in [0.15, 0.2) is 48.5 Å². The fourth-order valence-corrected chi connectivity index (χ4v) is 2.49. The van der Waals surface area contributed by atoms with Gasteiger partial charge in [0.1, 0.15) is 6.61 Å². The lowest BCUT2D eigenvalue weighted by atomic mass is 10.1. The summed E-state index contributed by atoms with van der Waals surface area (Å²) in [6, 6.07) is 16.6. The summed E-state index contributed by atoms with van der Waals surface area (Å²) in [4.78, 5) is 0. The normalized spacial score (nSPS) is 12.0. The molecule has 2 aromatic carbocycles. The van der Waals surface area contributed by atoms with Gasteiger partial charge in [-0.05, 0) is 25.5 Å². The Morgan fingerprint density at radius 3 is 2.50 bits per heavy atom. The summed E-state index contributed by atoms with van der Waals surface area (Å²) in [5.74, 6) is 1.53. The molecule has 2 aromatic rings. The highest BCUT2D eigenvalue weighted by Gasteiger charge is 2.12. The fourth-order valence-electron chi connectivity index (χ4n) is 2.49. The van der Waals surface area contributed by atoms with Crippen molar-refractivity contribution in [2.75, 3.05) is 26.9 Å². The van der Waals surface area contributed by atoms with E-state index >= 15 is 0 Å². The number of rotatable bonds is 10. The van der Waals surface area contributed by atoms with Crippen molar-refractivity contribution in [2.24, 2.45) is 0 Å². The summed E-state index contributed by atoms with van der Waals surface area (Å²) in [5, 5.41) is 3.54. The minimum absolute atomic E-state index is 0.258. The molecule has 0 aliphatic heterocycles. The van der Waals surface area contributed by atoms with Crippen LogP contribution >= 0.6 is 0 Å². The Labute approximate surface area is 144 Å². The molecule has 24 heavy (non-hydrogen) atoms. The van der Waals surface area contributed by atoms with Crippen molar-refractivity contribution >= 4 is 0 Å². The Hall–Kier alpha value is -2.04. The van der Waals surface area contributed by atoms with Gasteiger partial charge < -0.3 is 19.5 Å². The van der Waals surface area contributed by atoms with Crippen LogP contribution in [0, 0.1) is 0 Å². The average molecular weight is 329 g/mol. The van der Waals surface area contributed by atoms with Crippen LogP contribution in [-0.2, 0) is 11.3 Å². The highest BCUT2D eigenvalue weighted by molar-refractivity contribution is 5.46. The molecule has 0 aliphatic rings. The molecule has 4 nitrogen and oxygen atoms in total. The van der Waals surface area contributed by atoms with Crippen molar-refractivity contribution in [1.82, 2.24) is 5.32 Å². The van der Waals surface area contributed by atoms with Crippen molar-refractivity contribution in [3.63, 3.8) is 0 Å². The Morgan fingerprint density at radius 1 is 1.00 bits per heavy atom. The third-order valence-electron chi connectivity index (χ3n) is 3.86. The summed E-state index contributed by atoms with van der Waals surface area (Å²) in [6.45, 7) is 6.61. The highest BCUT2D eigenvalue weighted by Crippen LogP contribution is 2.31. The monoisotopic (exact) mass is 329 g/mol. The van der Waals surface area contributed by atoms with Gasteiger partial charge in [-0.15, -0.1) is 0 Å². The van der Waals surface area contributed by atoms with Crippen LogP contribution in [0.2, 0.25) is 0 Å². The third-order valence-corrected chi connectivity index (χ3v) is 3.86. The SMILES string of the molecule is CCOCCOc1c(CNC(C)c2ccccc2)cccc1OC. The summed E-state index contributed by atoms with van der Waals surface area (Å²) < 4.78 is 16.7. The highest BCUT2D eigenvalue weighted by atomic mass is 16.5. The molecule has 0 saturated heterocycles. The number of benzene rings is 2. The second-order valence-corrected chi connectivity index (χ2v) is 5.51. The van der Waals surface area contributed by atoms with Crippen molar-refractivity contribution in [2.45, 2.75) is 26.4 Å². The molecule has 0 amide bonds. The molecular weight excluding hydrogens is 302 g/mol. The number of para-hydroxylation sites is 1. The van der Waals surface area contributed by atoms with Crippen molar-refractivity contribution in [1.29, 1.82) is 0 Å². The molecule has 0 radical (unpaired) electrons. The lowest BCUT2D eigenvalue weighted by molar-refractivity contribution is 0.108. The first-order chi connectivity index (χ1) is 11.8. The zero-order valence-corrected chi connectivity index (χ0v) is 14.7. The molecule has 1 atom stereocenters. The second kappa shape index (κ2) is 9.96. The minimum Gasteiger partial charge on any atom is -0.493 e. The molecule has 130 valence electrons. The molecule has 0 saturated carbocycles. The van der Waals surface area contributed by atoms with E-state index < -0.39 is 0 Å². The van der Waals surface area contributed by atoms with Gasteiger partial charge in [0.15, 0.2) is 11.5 Å². The Balaban J connectivity index is 2.02. The van der Waals surface area contributed by atoms with E-state index in [2.05, 4.69) is 42.6 Å². The first kappa shape index (κ1) is 18.3. The van der Waals surface area contributed by atoms with E-state index in [1.165, 1.54) is 5.56 Å². The van der Waals surface area contributed by atoms with Crippen molar-refractivity contribution in [3.05, 3.63) is 59.7 Å². The molecule has 0 aromatic heterocycles. The summed E-state index contributed by atoms with van der Waals surface area (Å²) in [6.07, 6.45) is 0. The molecule has 0 bridgehead atoms. The van der Waals surface area contributed by atoms with Gasteiger partial charge >= 0.3 is 0 Å². The van der Waals surface area contributed by atoms with E-state index in [1.54, 1.807) is 7.11 Å². The van der Waals surface area contributed by atoms with Gasteiger partial charge in [0, 0.05) is 24.8 Å². The first-order valence-electron chi connectivity index (χ1n) is 8.41. The van der Waals surface area contributed by atoms with Gasteiger partial charge in [-0.3, -0.25) is 0 Å². The summed E-state index contributed by atoms with van der Waals surface area (Å²) in [5.41, 5.74) is 2.34. The van der Waals surface area contributed by atoms with Crippen LogP contribution < -0.4 is 14.8 Å². The van der Waals surface area contributed by atoms with Crippen LogP contribution in [0.5, 0.6) is 11.5 Å². The molecular formula is C20H27NO3. The van der Waals surface area contributed by atoms with Gasteiger partial charge in [-0.25, -0.2) is 0 Å². The van der Waals surface area contributed by atoms with E-state index in [0.717, 1.165) is 17.1 Å². The standard InChI is InChI=1S/C20H27NO3/c1-4-23-13-14-24-20-18(11-8-12-19(20)22-3)15-21-16(2)17-9-6-5-7-10-17/h5-12,16,21H,4,13-15H2,1-3H3. The van der Waals surface area contributed by atoms with Crippen LogP contribution in [0.3, 0.4) is 0 Å². The molecule has 0 spiro atoms. The van der Waals surface area contributed by atoms with Gasteiger partial charge in [-0.1, -0.05) is 42.5 Å². The predicted octanol–water partition coefficient (Wildman–Crippen LogP) is 3.96. The van der Waals surface area contributed by atoms with E-state index in [-0.39, 0.29) is 6.04 Å². The van der Waals surface area contributed by atoms with Crippen LogP contribution in [0.4, 0.5) is 0 Å². The predicted molar refractivity (Wildman–Crippen MR) is 96.7 cm³/mol. The van der Waals surface area contributed by atoms with Crippen LogP contribution in [-0.4, -0.2) is 26.9 Å². The molecule has 2 rings (SSSR count). The summed E-state index contributed by atoms with van der Waals surface area (Å²) >= 11 is 0. The van der Waals surface area contributed by atoms with E-state index in [0.29, 0.717) is 26.4 Å².